The first-order valence-electron chi connectivity index (χ1n) is 12.1. The van der Waals surface area contributed by atoms with Crippen LogP contribution in [0.25, 0.3) is 11.1 Å². The lowest BCUT2D eigenvalue weighted by molar-refractivity contribution is -0.149. The van der Waals surface area contributed by atoms with Gasteiger partial charge in [-0.3, -0.25) is 4.79 Å². The molecule has 184 valence electrons. The molecule has 1 aliphatic heterocycles. The van der Waals surface area contributed by atoms with Crippen LogP contribution in [0.4, 0.5) is 4.79 Å². The molecular weight excluding hydrogens is 456 g/mol. The molecule has 2 N–H and O–H groups in total. The Labute approximate surface area is 209 Å². The maximum Gasteiger partial charge on any atom is 0.408 e. The Bertz CT molecular complexity index is 1260. The van der Waals surface area contributed by atoms with E-state index in [1.165, 1.54) is 11.8 Å². The van der Waals surface area contributed by atoms with Crippen LogP contribution >= 0.6 is 0 Å². The number of alkyl carbamates (subject to hydrolysis) is 1. The summed E-state index contributed by atoms with van der Waals surface area (Å²) >= 11 is 0. The molecule has 2 amide bonds. The van der Waals surface area contributed by atoms with Gasteiger partial charge in [-0.1, -0.05) is 78.9 Å². The summed E-state index contributed by atoms with van der Waals surface area (Å²) in [7, 11) is 0. The topological polar surface area (TPSA) is 95.9 Å². The van der Waals surface area contributed by atoms with Crippen LogP contribution in [0, 0.1) is 0 Å². The van der Waals surface area contributed by atoms with E-state index >= 15 is 0 Å². The minimum absolute atomic E-state index is 0.101. The molecule has 1 aliphatic carbocycles. The highest BCUT2D eigenvalue weighted by molar-refractivity contribution is 5.95. The van der Waals surface area contributed by atoms with Crippen molar-refractivity contribution in [3.63, 3.8) is 0 Å². The first kappa shape index (κ1) is 23.6. The Balaban J connectivity index is 1.35. The van der Waals surface area contributed by atoms with Gasteiger partial charge in [0.25, 0.3) is 0 Å². The number of carboxylic acid groups (broad SMARTS) is 1. The van der Waals surface area contributed by atoms with E-state index in [0.717, 1.165) is 27.8 Å². The van der Waals surface area contributed by atoms with Crippen molar-refractivity contribution in [2.24, 2.45) is 0 Å². The van der Waals surface area contributed by atoms with E-state index in [9.17, 15) is 19.5 Å². The number of rotatable bonds is 7. The molecule has 7 heteroatoms. The molecule has 7 nitrogen and oxygen atoms in total. The Morgan fingerprint density at radius 1 is 1.00 bits per heavy atom. The number of benzene rings is 3. The molecule has 0 bridgehead atoms. The van der Waals surface area contributed by atoms with Crippen LogP contribution in [0.5, 0.6) is 0 Å². The quantitative estimate of drug-likeness (QED) is 0.524. The van der Waals surface area contributed by atoms with Gasteiger partial charge in [0, 0.05) is 18.9 Å². The van der Waals surface area contributed by atoms with Gasteiger partial charge in [0.1, 0.15) is 18.2 Å². The molecular formula is C29H28N2O5. The van der Waals surface area contributed by atoms with Crippen molar-refractivity contribution in [2.75, 3.05) is 13.2 Å². The molecule has 1 saturated heterocycles. The van der Waals surface area contributed by atoms with Gasteiger partial charge >= 0.3 is 12.1 Å². The molecule has 5 rings (SSSR count). The third kappa shape index (κ3) is 4.21. The molecule has 36 heavy (non-hydrogen) atoms. The maximum atomic E-state index is 13.5. The third-order valence-corrected chi connectivity index (χ3v) is 7.31. The Morgan fingerprint density at radius 3 is 2.19 bits per heavy atom. The number of hydrogen-bond acceptors (Lipinski definition) is 4. The molecule has 3 aromatic rings. The highest BCUT2D eigenvalue weighted by atomic mass is 16.5. The van der Waals surface area contributed by atoms with E-state index in [0.29, 0.717) is 6.42 Å². The smallest absolute Gasteiger partial charge is 0.408 e. The fourth-order valence-corrected chi connectivity index (χ4v) is 5.40. The summed E-state index contributed by atoms with van der Waals surface area (Å²) in [6.45, 7) is 1.85. The maximum absolute atomic E-state index is 13.5. The van der Waals surface area contributed by atoms with E-state index in [1.54, 1.807) is 0 Å². The van der Waals surface area contributed by atoms with Crippen molar-refractivity contribution in [3.8, 4) is 11.1 Å². The fraction of sp³-hybridized carbons (Fsp3) is 0.276. The summed E-state index contributed by atoms with van der Waals surface area (Å²) in [4.78, 5) is 39.5. The summed E-state index contributed by atoms with van der Waals surface area (Å²) < 4.78 is 5.72. The van der Waals surface area contributed by atoms with E-state index in [-0.39, 0.29) is 25.5 Å². The molecule has 0 spiro atoms. The number of likely N-dealkylation sites (tertiary alicyclic amines) is 1. The summed E-state index contributed by atoms with van der Waals surface area (Å²) in [6, 6.07) is 24.6. The van der Waals surface area contributed by atoms with Crippen LogP contribution < -0.4 is 5.32 Å². The molecule has 0 saturated carbocycles. The summed E-state index contributed by atoms with van der Waals surface area (Å²) in [5.74, 6) is -1.59. The second kappa shape index (κ2) is 9.49. The molecule has 0 aromatic heterocycles. The number of ether oxygens (including phenoxy) is 1. The molecule has 1 unspecified atom stereocenters. The highest BCUT2D eigenvalue weighted by Gasteiger charge is 2.50. The number of aliphatic carboxylic acids is 1. The minimum atomic E-state index is -1.27. The van der Waals surface area contributed by atoms with Gasteiger partial charge < -0.3 is 20.1 Å². The number of fused-ring (bicyclic) bond motifs is 3. The summed E-state index contributed by atoms with van der Waals surface area (Å²) in [6.07, 6.45) is -0.145. The predicted octanol–water partition coefficient (Wildman–Crippen LogP) is 4.21. The summed E-state index contributed by atoms with van der Waals surface area (Å²) in [5.41, 5.74) is 4.06. The van der Waals surface area contributed by atoms with Gasteiger partial charge in [-0.05, 0) is 41.2 Å². The van der Waals surface area contributed by atoms with Crippen molar-refractivity contribution < 1.29 is 24.2 Å². The molecule has 1 fully saturated rings. The highest BCUT2D eigenvalue weighted by Crippen LogP contribution is 2.44. The van der Waals surface area contributed by atoms with Crippen LogP contribution in [0.1, 0.15) is 36.0 Å². The largest absolute Gasteiger partial charge is 0.480 e. The Hall–Kier alpha value is -4.13. The number of carbonyl (C=O) groups is 3. The number of hydrogen-bond donors (Lipinski definition) is 2. The van der Waals surface area contributed by atoms with Gasteiger partial charge in [0.15, 0.2) is 0 Å². The molecule has 1 heterocycles. The van der Waals surface area contributed by atoms with Crippen molar-refractivity contribution >= 4 is 18.0 Å². The first-order valence-corrected chi connectivity index (χ1v) is 12.1. The summed E-state index contributed by atoms with van der Waals surface area (Å²) in [5, 5.41) is 12.3. The second-order valence-electron chi connectivity index (χ2n) is 9.46. The van der Waals surface area contributed by atoms with Gasteiger partial charge in [-0.25, -0.2) is 9.59 Å². The van der Waals surface area contributed by atoms with E-state index in [1.807, 2.05) is 66.7 Å². The zero-order valence-corrected chi connectivity index (χ0v) is 20.0. The predicted molar refractivity (Wildman–Crippen MR) is 135 cm³/mol. The lowest BCUT2D eigenvalue weighted by Crippen LogP contribution is -2.57. The Kier molecular flexibility index (Phi) is 6.22. The van der Waals surface area contributed by atoms with Gasteiger partial charge in [-0.15, -0.1) is 0 Å². The Morgan fingerprint density at radius 2 is 1.58 bits per heavy atom. The zero-order chi connectivity index (χ0) is 25.3. The normalized spacial score (nSPS) is 19.5. The van der Waals surface area contributed by atoms with Gasteiger partial charge in [0.2, 0.25) is 5.91 Å². The molecule has 3 aromatic carbocycles. The second-order valence-corrected chi connectivity index (χ2v) is 9.46. The van der Waals surface area contributed by atoms with E-state index < -0.39 is 29.6 Å². The van der Waals surface area contributed by atoms with E-state index in [2.05, 4.69) is 17.4 Å². The number of carbonyl (C=O) groups excluding carboxylic acids is 2. The van der Waals surface area contributed by atoms with Crippen molar-refractivity contribution in [3.05, 3.63) is 95.6 Å². The first-order chi connectivity index (χ1) is 17.4. The monoisotopic (exact) mass is 484 g/mol. The van der Waals surface area contributed by atoms with Crippen molar-refractivity contribution in [1.82, 2.24) is 10.2 Å². The molecule has 0 radical (unpaired) electrons. The van der Waals surface area contributed by atoms with Crippen molar-refractivity contribution in [1.29, 1.82) is 0 Å². The molecule has 2 aliphatic rings. The lowest BCUT2D eigenvalue weighted by atomic mass is 9.89. The minimum Gasteiger partial charge on any atom is -0.480 e. The lowest BCUT2D eigenvalue weighted by Gasteiger charge is -2.30. The average molecular weight is 485 g/mol. The average Bonchev–Trinajstić information content (AvgIpc) is 3.37. The van der Waals surface area contributed by atoms with Crippen LogP contribution in [0.3, 0.4) is 0 Å². The standard InChI is InChI=1S/C29H28N2O5/c1-19(26(32)33)31-16-15-29(27(31)34,17-20-9-3-2-4-10-20)30-28(35)36-18-25-23-13-7-5-11-21(23)22-12-6-8-14-24(22)25/h2-14,19,25H,15-18H2,1H3,(H,30,35)(H,32,33)/t19-,29?/m0/s1. The number of nitrogens with one attached hydrogen (secondary N) is 1. The van der Waals surface area contributed by atoms with Crippen LogP contribution in [0.15, 0.2) is 78.9 Å². The number of carboxylic acids is 1. The molecule has 2 atom stereocenters. The zero-order valence-electron chi connectivity index (χ0n) is 20.0. The van der Waals surface area contributed by atoms with Gasteiger partial charge in [0.05, 0.1) is 0 Å². The number of nitrogens with zero attached hydrogens (tertiary/aromatic N) is 1. The fourth-order valence-electron chi connectivity index (χ4n) is 5.40. The van der Waals surface area contributed by atoms with Crippen LogP contribution in [0.2, 0.25) is 0 Å². The number of amides is 2. The van der Waals surface area contributed by atoms with Crippen LogP contribution in [-0.4, -0.2) is 52.7 Å². The SMILES string of the molecule is C[C@@H](C(=O)O)N1CCC(Cc2ccccc2)(NC(=O)OCC2c3ccccc3-c3ccccc32)C1=O. The van der Waals surface area contributed by atoms with E-state index in [4.69, 9.17) is 4.74 Å². The van der Waals surface area contributed by atoms with Crippen LogP contribution in [-0.2, 0) is 20.7 Å². The third-order valence-electron chi connectivity index (χ3n) is 7.31. The van der Waals surface area contributed by atoms with Crippen molar-refractivity contribution in [2.45, 2.75) is 37.3 Å². The van der Waals surface area contributed by atoms with Gasteiger partial charge in [-0.2, -0.15) is 0 Å².